The molecule has 1 fully saturated rings. The summed E-state index contributed by atoms with van der Waals surface area (Å²) in [6.45, 7) is 4.00. The average Bonchev–Trinajstić information content (AvgIpc) is 2.74. The van der Waals surface area contributed by atoms with Gasteiger partial charge >= 0.3 is 0 Å². The van der Waals surface area contributed by atoms with Crippen molar-refractivity contribution < 1.29 is 14.3 Å². The Kier molecular flexibility index (Phi) is 7.07. The number of benzene rings is 1. The molecule has 160 valence electrons. The Balaban J connectivity index is 0.00000256. The van der Waals surface area contributed by atoms with Crippen LogP contribution < -0.4 is 10.6 Å². The highest BCUT2D eigenvalue weighted by atomic mass is 35.5. The first kappa shape index (κ1) is 22.2. The molecule has 0 saturated carbocycles. The second-order valence-corrected chi connectivity index (χ2v) is 7.63. The smallest absolute Gasteiger partial charge is 0.251 e. The second-order valence-electron chi connectivity index (χ2n) is 7.63. The Hall–Kier alpha value is -2.48. The predicted molar refractivity (Wildman–Crippen MR) is 115 cm³/mol. The summed E-state index contributed by atoms with van der Waals surface area (Å²) in [7, 11) is 1.72. The van der Waals surface area contributed by atoms with Crippen LogP contribution in [0.5, 0.6) is 0 Å². The summed E-state index contributed by atoms with van der Waals surface area (Å²) < 4.78 is 5.69. The van der Waals surface area contributed by atoms with E-state index in [1.165, 1.54) is 5.56 Å². The maximum absolute atomic E-state index is 13.0. The van der Waals surface area contributed by atoms with E-state index in [1.54, 1.807) is 11.9 Å². The van der Waals surface area contributed by atoms with Crippen molar-refractivity contribution in [3.8, 4) is 0 Å². The minimum atomic E-state index is -0.758. The van der Waals surface area contributed by atoms with Crippen molar-refractivity contribution in [3.05, 3.63) is 64.5 Å². The van der Waals surface area contributed by atoms with Gasteiger partial charge in [-0.25, -0.2) is 0 Å². The molecule has 0 unspecified atom stereocenters. The number of halogens is 1. The summed E-state index contributed by atoms with van der Waals surface area (Å²) in [6, 6.07) is 9.41. The van der Waals surface area contributed by atoms with Gasteiger partial charge in [0.05, 0.1) is 6.04 Å². The van der Waals surface area contributed by atoms with Crippen molar-refractivity contribution in [3.63, 3.8) is 0 Å². The SMILES string of the molecule is Cc1ccccc1[C@@H]1[C@@H](C(=O)NCc2cnc3c(c2)CNCC3)OCC(=O)N1C.Cl. The normalized spacial score (nSPS) is 20.9. The summed E-state index contributed by atoms with van der Waals surface area (Å²) in [5.74, 6) is -0.359. The standard InChI is InChI=1S/C22H26N4O3.ClH/c1-14-5-3-4-6-17(14)20-21(29-13-19(27)26(20)2)22(28)25-11-15-9-16-12-23-8-7-18(16)24-10-15;/h3-6,9-10,20-21,23H,7-8,11-13H2,1-2H3,(H,25,28);1H/t20-,21+;/m1./s1. The molecule has 3 heterocycles. The number of hydrogen-bond acceptors (Lipinski definition) is 5. The van der Waals surface area contributed by atoms with E-state index in [0.717, 1.165) is 41.9 Å². The van der Waals surface area contributed by atoms with Crippen LogP contribution in [-0.4, -0.2) is 48.0 Å². The van der Waals surface area contributed by atoms with Crippen LogP contribution in [0, 0.1) is 6.92 Å². The lowest BCUT2D eigenvalue weighted by Gasteiger charge is -2.38. The number of aromatic nitrogens is 1. The average molecular weight is 431 g/mol. The number of likely N-dealkylation sites (N-methyl/N-ethyl adjacent to an activating group) is 1. The number of fused-ring (bicyclic) bond motifs is 1. The third kappa shape index (κ3) is 4.48. The Morgan fingerprint density at radius 3 is 2.97 bits per heavy atom. The van der Waals surface area contributed by atoms with Gasteiger partial charge in [-0.15, -0.1) is 12.4 Å². The number of pyridine rings is 1. The minimum Gasteiger partial charge on any atom is -0.356 e. The highest BCUT2D eigenvalue weighted by Crippen LogP contribution is 2.31. The molecule has 2 aliphatic rings. The number of aryl methyl sites for hydroxylation is 1. The Morgan fingerprint density at radius 2 is 2.17 bits per heavy atom. The zero-order valence-electron chi connectivity index (χ0n) is 17.2. The van der Waals surface area contributed by atoms with E-state index in [4.69, 9.17) is 4.74 Å². The molecule has 2 aromatic rings. The van der Waals surface area contributed by atoms with Crippen LogP contribution in [0.15, 0.2) is 36.5 Å². The van der Waals surface area contributed by atoms with Gasteiger partial charge in [-0.05, 0) is 35.2 Å². The third-order valence-electron chi connectivity index (χ3n) is 5.69. The summed E-state index contributed by atoms with van der Waals surface area (Å²) in [6.07, 6.45) is 1.99. The first-order valence-electron chi connectivity index (χ1n) is 9.92. The van der Waals surface area contributed by atoms with Crippen LogP contribution in [0.25, 0.3) is 0 Å². The number of carbonyl (C=O) groups excluding carboxylic acids is 2. The van der Waals surface area contributed by atoms with E-state index >= 15 is 0 Å². The molecule has 4 rings (SSSR count). The lowest BCUT2D eigenvalue weighted by molar-refractivity contribution is -0.162. The maximum Gasteiger partial charge on any atom is 0.251 e. The van der Waals surface area contributed by atoms with Crippen LogP contribution >= 0.6 is 12.4 Å². The molecule has 1 saturated heterocycles. The first-order valence-corrected chi connectivity index (χ1v) is 9.92. The largest absolute Gasteiger partial charge is 0.356 e. The number of rotatable bonds is 4. The van der Waals surface area contributed by atoms with Gasteiger partial charge in [0, 0.05) is 45.0 Å². The van der Waals surface area contributed by atoms with E-state index in [-0.39, 0.29) is 30.8 Å². The third-order valence-corrected chi connectivity index (χ3v) is 5.69. The number of nitrogens with zero attached hydrogens (tertiary/aromatic N) is 2. The lowest BCUT2D eigenvalue weighted by atomic mass is 9.94. The quantitative estimate of drug-likeness (QED) is 0.771. The number of hydrogen-bond donors (Lipinski definition) is 2. The first-order chi connectivity index (χ1) is 14.0. The van der Waals surface area contributed by atoms with Crippen molar-refractivity contribution >= 4 is 24.2 Å². The zero-order chi connectivity index (χ0) is 20.4. The minimum absolute atomic E-state index is 0. The molecule has 8 heteroatoms. The molecular formula is C22H27ClN4O3. The lowest BCUT2D eigenvalue weighted by Crippen LogP contribution is -2.53. The molecule has 0 bridgehead atoms. The van der Waals surface area contributed by atoms with Crippen LogP contribution in [0.4, 0.5) is 0 Å². The Labute approximate surface area is 182 Å². The molecule has 2 atom stereocenters. The number of carbonyl (C=O) groups is 2. The van der Waals surface area contributed by atoms with E-state index in [1.807, 2.05) is 37.4 Å². The molecule has 0 radical (unpaired) electrons. The molecule has 2 amide bonds. The van der Waals surface area contributed by atoms with Crippen molar-refractivity contribution in [2.45, 2.75) is 38.6 Å². The van der Waals surface area contributed by atoms with Crippen LogP contribution in [0.1, 0.15) is 34.0 Å². The van der Waals surface area contributed by atoms with E-state index in [0.29, 0.717) is 6.54 Å². The zero-order valence-corrected chi connectivity index (χ0v) is 18.0. The van der Waals surface area contributed by atoms with Crippen LogP contribution in [0.3, 0.4) is 0 Å². The molecule has 2 N–H and O–H groups in total. The molecular weight excluding hydrogens is 404 g/mol. The molecule has 1 aromatic heterocycles. The maximum atomic E-state index is 13.0. The fourth-order valence-corrected chi connectivity index (χ4v) is 4.00. The van der Waals surface area contributed by atoms with Gasteiger partial charge in [-0.1, -0.05) is 24.3 Å². The Morgan fingerprint density at radius 1 is 1.37 bits per heavy atom. The number of nitrogens with one attached hydrogen (secondary N) is 2. The van der Waals surface area contributed by atoms with Gasteiger partial charge in [0.1, 0.15) is 6.61 Å². The van der Waals surface area contributed by atoms with Crippen molar-refractivity contribution in [2.24, 2.45) is 0 Å². The molecule has 1 aromatic carbocycles. The van der Waals surface area contributed by atoms with Crippen molar-refractivity contribution in [1.29, 1.82) is 0 Å². The van der Waals surface area contributed by atoms with Crippen LogP contribution in [-0.2, 0) is 33.8 Å². The fourth-order valence-electron chi connectivity index (χ4n) is 4.00. The van der Waals surface area contributed by atoms with Crippen molar-refractivity contribution in [1.82, 2.24) is 20.5 Å². The topological polar surface area (TPSA) is 83.6 Å². The Bertz CT molecular complexity index is 936. The van der Waals surface area contributed by atoms with Gasteiger partial charge in [0.15, 0.2) is 6.10 Å². The highest BCUT2D eigenvalue weighted by Gasteiger charge is 2.40. The summed E-state index contributed by atoms with van der Waals surface area (Å²) >= 11 is 0. The molecule has 2 aliphatic heterocycles. The highest BCUT2D eigenvalue weighted by molar-refractivity contribution is 5.86. The molecule has 30 heavy (non-hydrogen) atoms. The number of amides is 2. The van der Waals surface area contributed by atoms with Gasteiger partial charge < -0.3 is 20.3 Å². The van der Waals surface area contributed by atoms with Crippen molar-refractivity contribution in [2.75, 3.05) is 20.2 Å². The van der Waals surface area contributed by atoms with Gasteiger partial charge in [0.25, 0.3) is 5.91 Å². The van der Waals surface area contributed by atoms with Gasteiger partial charge in [-0.2, -0.15) is 0 Å². The summed E-state index contributed by atoms with van der Waals surface area (Å²) in [4.78, 5) is 31.4. The predicted octanol–water partition coefficient (Wildman–Crippen LogP) is 1.67. The molecule has 0 aliphatic carbocycles. The van der Waals surface area contributed by atoms with Gasteiger partial charge in [0.2, 0.25) is 5.91 Å². The molecule has 7 nitrogen and oxygen atoms in total. The number of morpholine rings is 1. The molecule has 0 spiro atoms. The van der Waals surface area contributed by atoms with E-state index in [2.05, 4.69) is 21.7 Å². The fraction of sp³-hybridized carbons (Fsp3) is 0.409. The van der Waals surface area contributed by atoms with E-state index in [9.17, 15) is 9.59 Å². The van der Waals surface area contributed by atoms with Crippen LogP contribution in [0.2, 0.25) is 0 Å². The number of ether oxygens (including phenoxy) is 1. The van der Waals surface area contributed by atoms with E-state index < -0.39 is 12.1 Å². The second kappa shape index (κ2) is 9.55. The summed E-state index contributed by atoms with van der Waals surface area (Å²) in [5.41, 5.74) is 5.19. The monoisotopic (exact) mass is 430 g/mol. The van der Waals surface area contributed by atoms with Gasteiger partial charge in [-0.3, -0.25) is 14.6 Å². The summed E-state index contributed by atoms with van der Waals surface area (Å²) in [5, 5.41) is 6.31.